The van der Waals surface area contributed by atoms with Crippen LogP contribution in [0.2, 0.25) is 0 Å². The maximum absolute atomic E-state index is 11.7. The van der Waals surface area contributed by atoms with Crippen molar-refractivity contribution >= 4 is 38.0 Å². The molecule has 0 saturated heterocycles. The van der Waals surface area contributed by atoms with Crippen LogP contribution in [-0.4, -0.2) is 17.2 Å². The highest BCUT2D eigenvalue weighted by Gasteiger charge is 2.18. The van der Waals surface area contributed by atoms with Gasteiger partial charge in [0.2, 0.25) is 0 Å². The Morgan fingerprint density at radius 3 is 2.73 bits per heavy atom. The van der Waals surface area contributed by atoms with Crippen LogP contribution in [0.1, 0.15) is 24.2 Å². The van der Waals surface area contributed by atoms with Crippen molar-refractivity contribution in [2.24, 2.45) is 0 Å². The molecule has 2 rings (SSSR count). The Kier molecular flexibility index (Phi) is 2.67. The Morgan fingerprint density at radius 2 is 2.07 bits per heavy atom. The Labute approximate surface area is 94.9 Å². The quantitative estimate of drug-likeness (QED) is 0.822. The van der Waals surface area contributed by atoms with Gasteiger partial charge in [-0.2, -0.15) is 0 Å². The molecular formula is C10H10O3S2. The minimum absolute atomic E-state index is 0.145. The number of hydrogen-bond acceptors (Lipinski definition) is 5. The topological polar surface area (TPSA) is 46.5 Å². The zero-order valence-electron chi connectivity index (χ0n) is 8.31. The summed E-state index contributed by atoms with van der Waals surface area (Å²) in [6.07, 6.45) is -0.145. The molecule has 0 radical (unpaired) electrons. The molecule has 0 aliphatic heterocycles. The van der Waals surface area contributed by atoms with Crippen LogP contribution in [0.5, 0.6) is 5.75 Å². The number of thiophene rings is 2. The van der Waals surface area contributed by atoms with E-state index in [-0.39, 0.29) is 17.8 Å². The summed E-state index contributed by atoms with van der Waals surface area (Å²) in [5.41, 5.74) is 0.461. The van der Waals surface area contributed by atoms with Gasteiger partial charge in [0.15, 0.2) is 0 Å². The molecule has 0 saturated carbocycles. The zero-order chi connectivity index (χ0) is 11.0. The molecule has 0 fully saturated rings. The lowest BCUT2D eigenvalue weighted by Gasteiger charge is -2.06. The summed E-state index contributed by atoms with van der Waals surface area (Å²) in [5.74, 6) is -0.211. The van der Waals surface area contributed by atoms with Gasteiger partial charge in [0.1, 0.15) is 5.75 Å². The van der Waals surface area contributed by atoms with E-state index >= 15 is 0 Å². The Bertz CT molecular complexity index is 496. The molecule has 0 atom stereocenters. The first kappa shape index (κ1) is 10.4. The Morgan fingerprint density at radius 1 is 1.40 bits per heavy atom. The minimum atomic E-state index is -0.370. The van der Waals surface area contributed by atoms with Crippen molar-refractivity contribution in [2.75, 3.05) is 0 Å². The van der Waals surface area contributed by atoms with Gasteiger partial charge in [-0.15, -0.1) is 22.7 Å². The predicted molar refractivity (Wildman–Crippen MR) is 61.9 cm³/mol. The maximum Gasteiger partial charge on any atom is 0.340 e. The molecule has 0 aliphatic carbocycles. The van der Waals surface area contributed by atoms with Crippen molar-refractivity contribution in [1.82, 2.24) is 0 Å². The molecule has 0 unspecified atom stereocenters. The van der Waals surface area contributed by atoms with Crippen LogP contribution in [0.15, 0.2) is 10.8 Å². The lowest BCUT2D eigenvalue weighted by Crippen LogP contribution is -2.10. The van der Waals surface area contributed by atoms with Gasteiger partial charge < -0.3 is 9.84 Å². The van der Waals surface area contributed by atoms with E-state index in [9.17, 15) is 9.90 Å². The first-order valence-electron chi connectivity index (χ1n) is 4.48. The molecule has 1 N–H and O–H groups in total. The van der Waals surface area contributed by atoms with Crippen LogP contribution in [0.4, 0.5) is 0 Å². The molecule has 2 aromatic rings. The monoisotopic (exact) mass is 242 g/mol. The SMILES string of the molecule is CC(C)OC(=O)c1csc2scc(O)c12. The number of carbonyl (C=O) groups is 1. The van der Waals surface area contributed by atoms with E-state index in [1.807, 2.05) is 0 Å². The van der Waals surface area contributed by atoms with Gasteiger partial charge in [-0.1, -0.05) is 0 Å². The third-order valence-corrected chi connectivity index (χ3v) is 3.96. The summed E-state index contributed by atoms with van der Waals surface area (Å²) >= 11 is 2.88. The third kappa shape index (κ3) is 1.85. The van der Waals surface area contributed by atoms with E-state index in [0.29, 0.717) is 10.9 Å². The lowest BCUT2D eigenvalue weighted by atomic mass is 10.2. The van der Waals surface area contributed by atoms with Crippen molar-refractivity contribution in [3.63, 3.8) is 0 Å². The summed E-state index contributed by atoms with van der Waals surface area (Å²) in [4.78, 5) is 11.7. The summed E-state index contributed by atoms with van der Waals surface area (Å²) in [5, 5.41) is 13.6. The number of fused-ring (bicyclic) bond motifs is 1. The Balaban J connectivity index is 2.43. The number of esters is 1. The van der Waals surface area contributed by atoms with Crippen LogP contribution in [0, 0.1) is 0 Å². The summed E-state index contributed by atoms with van der Waals surface area (Å²) in [6, 6.07) is 0. The van der Waals surface area contributed by atoms with Crippen molar-refractivity contribution in [1.29, 1.82) is 0 Å². The second-order valence-corrected chi connectivity index (χ2v) is 5.40. The summed E-state index contributed by atoms with van der Waals surface area (Å²) in [6.45, 7) is 3.60. The van der Waals surface area contributed by atoms with Gasteiger partial charge in [0.05, 0.1) is 21.1 Å². The highest BCUT2D eigenvalue weighted by molar-refractivity contribution is 7.37. The molecule has 0 aliphatic rings. The number of carbonyl (C=O) groups excluding carboxylic acids is 1. The predicted octanol–water partition coefficient (Wildman–Crippen LogP) is 3.23. The number of hydrogen-bond donors (Lipinski definition) is 1. The molecule has 80 valence electrons. The van der Waals surface area contributed by atoms with E-state index in [2.05, 4.69) is 0 Å². The average molecular weight is 242 g/mol. The second-order valence-electron chi connectivity index (χ2n) is 3.39. The van der Waals surface area contributed by atoms with Gasteiger partial charge in [-0.3, -0.25) is 0 Å². The Hall–Kier alpha value is -1.07. The van der Waals surface area contributed by atoms with E-state index in [4.69, 9.17) is 4.74 Å². The number of rotatable bonds is 2. The fourth-order valence-electron chi connectivity index (χ4n) is 1.27. The van der Waals surface area contributed by atoms with Gasteiger partial charge in [-0.05, 0) is 13.8 Å². The highest BCUT2D eigenvalue weighted by atomic mass is 32.2. The maximum atomic E-state index is 11.7. The molecular weight excluding hydrogens is 232 g/mol. The molecule has 0 bridgehead atoms. The smallest absolute Gasteiger partial charge is 0.340 e. The molecule has 0 amide bonds. The molecule has 15 heavy (non-hydrogen) atoms. The summed E-state index contributed by atoms with van der Waals surface area (Å²) < 4.78 is 6.04. The summed E-state index contributed by atoms with van der Waals surface area (Å²) in [7, 11) is 0. The van der Waals surface area contributed by atoms with E-state index in [1.165, 1.54) is 22.7 Å². The standard InChI is InChI=1S/C10H10O3S2/c1-5(2)13-9(12)6-3-14-10-8(6)7(11)4-15-10/h3-5,11H,1-2H3. The van der Waals surface area contributed by atoms with Crippen molar-refractivity contribution in [2.45, 2.75) is 20.0 Å². The first-order valence-corrected chi connectivity index (χ1v) is 6.24. The lowest BCUT2D eigenvalue weighted by molar-refractivity contribution is 0.0380. The fourth-order valence-corrected chi connectivity index (χ4v) is 3.22. The van der Waals surface area contributed by atoms with Gasteiger partial charge >= 0.3 is 5.97 Å². The highest BCUT2D eigenvalue weighted by Crippen LogP contribution is 2.38. The molecule has 3 nitrogen and oxygen atoms in total. The minimum Gasteiger partial charge on any atom is -0.506 e. The normalized spacial score (nSPS) is 11.1. The van der Waals surface area contributed by atoms with Gasteiger partial charge in [0, 0.05) is 10.8 Å². The van der Waals surface area contributed by atoms with Gasteiger partial charge in [0.25, 0.3) is 0 Å². The molecule has 0 spiro atoms. The molecule has 0 aromatic carbocycles. The molecule has 2 heterocycles. The second kappa shape index (κ2) is 3.83. The molecule has 5 heteroatoms. The number of ether oxygens (including phenoxy) is 1. The van der Waals surface area contributed by atoms with E-state index in [0.717, 1.165) is 4.01 Å². The van der Waals surface area contributed by atoms with Crippen LogP contribution in [-0.2, 0) is 4.74 Å². The first-order chi connectivity index (χ1) is 7.09. The van der Waals surface area contributed by atoms with Crippen molar-refractivity contribution < 1.29 is 14.6 Å². The largest absolute Gasteiger partial charge is 0.506 e. The zero-order valence-corrected chi connectivity index (χ0v) is 9.95. The van der Waals surface area contributed by atoms with Crippen LogP contribution >= 0.6 is 22.7 Å². The number of aromatic hydroxyl groups is 1. The van der Waals surface area contributed by atoms with Crippen molar-refractivity contribution in [3.05, 3.63) is 16.3 Å². The third-order valence-electron chi connectivity index (χ3n) is 1.85. The van der Waals surface area contributed by atoms with Gasteiger partial charge in [-0.25, -0.2) is 4.79 Å². The van der Waals surface area contributed by atoms with Crippen LogP contribution in [0.25, 0.3) is 9.40 Å². The average Bonchev–Trinajstić information content (AvgIpc) is 2.68. The van der Waals surface area contributed by atoms with Crippen LogP contribution < -0.4 is 0 Å². The molecule has 2 aromatic heterocycles. The fraction of sp³-hybridized carbons (Fsp3) is 0.300. The van der Waals surface area contributed by atoms with Crippen molar-refractivity contribution in [3.8, 4) is 5.75 Å². The van der Waals surface area contributed by atoms with E-state index in [1.54, 1.807) is 24.6 Å². The van der Waals surface area contributed by atoms with E-state index < -0.39 is 0 Å². The van der Waals surface area contributed by atoms with Crippen LogP contribution in [0.3, 0.4) is 0 Å².